The largest absolute Gasteiger partial charge is 0.356 e. The van der Waals surface area contributed by atoms with Crippen LogP contribution in [-0.4, -0.2) is 47.5 Å². The van der Waals surface area contributed by atoms with Crippen LogP contribution in [-0.2, 0) is 9.59 Å². The van der Waals surface area contributed by atoms with E-state index in [9.17, 15) is 14.4 Å². The van der Waals surface area contributed by atoms with E-state index in [4.69, 9.17) is 5.73 Å². The first-order chi connectivity index (χ1) is 11.6. The van der Waals surface area contributed by atoms with Crippen molar-refractivity contribution >= 4 is 29.6 Å². The molecule has 2 aliphatic heterocycles. The average Bonchev–Trinajstić information content (AvgIpc) is 3.06. The number of nitrogens with one attached hydrogen (secondary N) is 4. The molecule has 3 atom stereocenters. The second kappa shape index (κ2) is 9.76. The minimum Gasteiger partial charge on any atom is -0.356 e. The van der Waals surface area contributed by atoms with Gasteiger partial charge in [0.2, 0.25) is 11.8 Å². The molecule has 0 unspecified atom stereocenters. The van der Waals surface area contributed by atoms with Gasteiger partial charge in [0.25, 0.3) is 0 Å². The molecule has 0 aromatic heterocycles. The van der Waals surface area contributed by atoms with Crippen LogP contribution >= 0.6 is 11.8 Å². The van der Waals surface area contributed by atoms with E-state index in [2.05, 4.69) is 16.0 Å². The number of rotatable bonds is 11. The first-order valence-electron chi connectivity index (χ1n) is 8.76. The molecule has 1 radical (unpaired) electrons. The Hall–Kier alpha value is -1.44. The highest BCUT2D eigenvalue weighted by Gasteiger charge is 2.42. The zero-order valence-electron chi connectivity index (χ0n) is 13.9. The molecule has 4 amide bonds. The number of fused-ring (bicyclic) bond motifs is 1. The fourth-order valence-electron chi connectivity index (χ4n) is 3.18. The van der Waals surface area contributed by atoms with Crippen LogP contribution in [0.3, 0.4) is 0 Å². The zero-order valence-corrected chi connectivity index (χ0v) is 14.8. The van der Waals surface area contributed by atoms with Gasteiger partial charge in [-0.3, -0.25) is 15.3 Å². The lowest BCUT2D eigenvalue weighted by Crippen LogP contribution is -2.36. The third-order valence-corrected chi connectivity index (χ3v) is 5.99. The quantitative estimate of drug-likeness (QED) is 0.382. The highest BCUT2D eigenvalue weighted by molar-refractivity contribution is 8.00. The molecule has 0 spiro atoms. The Morgan fingerprint density at radius 2 is 1.92 bits per heavy atom. The second-order valence-electron chi connectivity index (χ2n) is 6.45. The van der Waals surface area contributed by atoms with Crippen molar-refractivity contribution in [2.75, 3.05) is 12.3 Å². The van der Waals surface area contributed by atoms with Gasteiger partial charge in [-0.1, -0.05) is 12.8 Å². The van der Waals surface area contributed by atoms with E-state index >= 15 is 0 Å². The van der Waals surface area contributed by atoms with Crippen LogP contribution in [0.5, 0.6) is 0 Å². The number of hydrogen-bond donors (Lipinski definition) is 3. The van der Waals surface area contributed by atoms with Crippen molar-refractivity contribution in [2.24, 2.45) is 0 Å². The number of hydrogen-bond acceptors (Lipinski definition) is 4. The highest BCUT2D eigenvalue weighted by Crippen LogP contribution is 2.33. The van der Waals surface area contributed by atoms with Gasteiger partial charge in [0.1, 0.15) is 0 Å². The molecule has 4 N–H and O–H groups in total. The van der Waals surface area contributed by atoms with Crippen LogP contribution in [0.4, 0.5) is 4.79 Å². The van der Waals surface area contributed by atoms with Gasteiger partial charge in [-0.15, -0.1) is 0 Å². The number of unbranched alkanes of at least 4 members (excludes halogenated alkanes) is 3. The fourth-order valence-corrected chi connectivity index (χ4v) is 4.72. The molecule has 0 bridgehead atoms. The van der Waals surface area contributed by atoms with Gasteiger partial charge in [0.05, 0.1) is 12.1 Å². The first kappa shape index (κ1) is 18.9. The molecule has 0 saturated carbocycles. The number of amides is 4. The maximum Gasteiger partial charge on any atom is 0.315 e. The SMILES string of the molecule is [NH]C(=O)CCCCCNC(=O)CCCC[C@@H]1SC[C@@H]2NC(=O)N[C@@H]21. The van der Waals surface area contributed by atoms with E-state index in [1.807, 2.05) is 11.8 Å². The van der Waals surface area contributed by atoms with Crippen molar-refractivity contribution in [3.05, 3.63) is 0 Å². The molecule has 2 heterocycles. The summed E-state index contributed by atoms with van der Waals surface area (Å²) in [6, 6.07) is 0.454. The van der Waals surface area contributed by atoms with Crippen molar-refractivity contribution in [3.8, 4) is 0 Å². The Kier molecular flexibility index (Phi) is 7.68. The number of urea groups is 1. The molecule has 0 aliphatic carbocycles. The predicted molar refractivity (Wildman–Crippen MR) is 93.5 cm³/mol. The fraction of sp³-hybridized carbons (Fsp3) is 0.812. The van der Waals surface area contributed by atoms with Crippen molar-refractivity contribution < 1.29 is 14.4 Å². The summed E-state index contributed by atoms with van der Waals surface area (Å²) in [5, 5.41) is 9.27. The van der Waals surface area contributed by atoms with E-state index in [0.717, 1.165) is 44.3 Å². The molecular weight excluding hydrogens is 328 g/mol. The van der Waals surface area contributed by atoms with Crippen LogP contribution in [0, 0.1) is 0 Å². The van der Waals surface area contributed by atoms with E-state index in [0.29, 0.717) is 24.6 Å². The summed E-state index contributed by atoms with van der Waals surface area (Å²) < 4.78 is 0. The highest BCUT2D eigenvalue weighted by atomic mass is 32.2. The molecule has 0 aromatic carbocycles. The molecule has 2 aliphatic rings. The molecule has 135 valence electrons. The summed E-state index contributed by atoms with van der Waals surface area (Å²) in [4.78, 5) is 33.5. The maximum atomic E-state index is 11.7. The normalized spacial score (nSPS) is 25.0. The summed E-state index contributed by atoms with van der Waals surface area (Å²) in [6.07, 6.45) is 6.20. The first-order valence-corrected chi connectivity index (χ1v) is 9.81. The van der Waals surface area contributed by atoms with E-state index in [1.54, 1.807) is 0 Å². The molecule has 2 fully saturated rings. The van der Waals surface area contributed by atoms with Gasteiger partial charge in [0, 0.05) is 30.4 Å². The van der Waals surface area contributed by atoms with Gasteiger partial charge in [-0.2, -0.15) is 11.8 Å². The molecule has 2 rings (SSSR count). The summed E-state index contributed by atoms with van der Waals surface area (Å²) >= 11 is 1.90. The summed E-state index contributed by atoms with van der Waals surface area (Å²) in [7, 11) is 0. The van der Waals surface area contributed by atoms with Crippen molar-refractivity contribution in [2.45, 2.75) is 68.7 Å². The molecule has 0 aromatic rings. The van der Waals surface area contributed by atoms with E-state index < -0.39 is 5.91 Å². The monoisotopic (exact) mass is 355 g/mol. The summed E-state index contributed by atoms with van der Waals surface area (Å²) in [5.41, 5.74) is 6.80. The Morgan fingerprint density at radius 3 is 2.71 bits per heavy atom. The van der Waals surface area contributed by atoms with Gasteiger partial charge in [-0.25, -0.2) is 4.79 Å². The maximum absolute atomic E-state index is 11.7. The van der Waals surface area contributed by atoms with E-state index in [1.165, 1.54) is 0 Å². The third-order valence-electron chi connectivity index (χ3n) is 4.48. The summed E-state index contributed by atoms with van der Waals surface area (Å²) in [6.45, 7) is 0.644. The Balaban J connectivity index is 1.45. The lowest BCUT2D eigenvalue weighted by atomic mass is 10.0. The number of carbonyl (C=O) groups excluding carboxylic acids is 3. The molecule has 24 heavy (non-hydrogen) atoms. The number of carbonyl (C=O) groups is 3. The van der Waals surface area contributed by atoms with Crippen LogP contribution in [0.2, 0.25) is 0 Å². The van der Waals surface area contributed by atoms with Gasteiger partial charge >= 0.3 is 6.03 Å². The van der Waals surface area contributed by atoms with Gasteiger partial charge < -0.3 is 16.0 Å². The van der Waals surface area contributed by atoms with Crippen LogP contribution in [0.25, 0.3) is 0 Å². The van der Waals surface area contributed by atoms with Gasteiger partial charge in [0.15, 0.2) is 0 Å². The van der Waals surface area contributed by atoms with Crippen LogP contribution in [0.15, 0.2) is 0 Å². The lowest BCUT2D eigenvalue weighted by molar-refractivity contribution is -0.121. The average molecular weight is 355 g/mol. The molecule has 8 heteroatoms. The molecule has 7 nitrogen and oxygen atoms in total. The Morgan fingerprint density at radius 1 is 1.12 bits per heavy atom. The minimum absolute atomic E-state index is 0.0539. The Bertz CT molecular complexity index is 461. The second-order valence-corrected chi connectivity index (χ2v) is 7.72. The minimum atomic E-state index is -0.515. The van der Waals surface area contributed by atoms with Gasteiger partial charge in [-0.05, 0) is 25.7 Å². The lowest BCUT2D eigenvalue weighted by Gasteiger charge is -2.16. The predicted octanol–water partition coefficient (Wildman–Crippen LogP) is 1.20. The molecular formula is C16H27N4O3S. The third kappa shape index (κ3) is 6.22. The Labute approximate surface area is 147 Å². The summed E-state index contributed by atoms with van der Waals surface area (Å²) in [5.74, 6) is 0.540. The smallest absolute Gasteiger partial charge is 0.315 e. The van der Waals surface area contributed by atoms with Crippen molar-refractivity contribution in [1.82, 2.24) is 21.7 Å². The van der Waals surface area contributed by atoms with E-state index in [-0.39, 0.29) is 24.0 Å². The standard InChI is InChI=1S/C16H27N4O3S/c17-13(21)7-2-1-5-9-18-14(22)8-4-3-6-12-15-11(10-24-12)19-16(23)20-15/h11-12,15,17H,1-10H2,(H,18,22)(H2,19,20,23)/t11-,12-,15-/m0/s1. The topological polar surface area (TPSA) is 111 Å². The number of thioether (sulfide) groups is 1. The van der Waals surface area contributed by atoms with Crippen LogP contribution in [0.1, 0.15) is 51.4 Å². The zero-order chi connectivity index (χ0) is 17.4. The molecule has 2 saturated heterocycles. The van der Waals surface area contributed by atoms with Crippen molar-refractivity contribution in [3.63, 3.8) is 0 Å². The van der Waals surface area contributed by atoms with Crippen molar-refractivity contribution in [1.29, 1.82) is 0 Å². The van der Waals surface area contributed by atoms with Crippen LogP contribution < -0.4 is 21.7 Å².